The normalized spacial score (nSPS) is 13.9. The summed E-state index contributed by atoms with van der Waals surface area (Å²) in [6.45, 7) is 4.79. The predicted octanol–water partition coefficient (Wildman–Crippen LogP) is 11.4. The van der Waals surface area contributed by atoms with Crippen LogP contribution in [0, 0.1) is 0 Å². The first-order valence-electron chi connectivity index (χ1n) is 14.7. The highest BCUT2D eigenvalue weighted by atomic mass is 16.5. The van der Waals surface area contributed by atoms with Gasteiger partial charge in [-0.2, -0.15) is 0 Å². The molecular weight excluding hydrogens is 508 g/mol. The van der Waals surface area contributed by atoms with Gasteiger partial charge in [0.05, 0.1) is 0 Å². The quantitative estimate of drug-likeness (QED) is 0.213. The molecular formula is C41H28O. The van der Waals surface area contributed by atoms with E-state index >= 15 is 0 Å². The summed E-state index contributed by atoms with van der Waals surface area (Å²) in [6, 6.07) is 48.6. The first-order valence-corrected chi connectivity index (χ1v) is 14.7. The summed E-state index contributed by atoms with van der Waals surface area (Å²) in [7, 11) is 0. The Hall–Kier alpha value is -5.14. The Morgan fingerprint density at radius 1 is 0.476 bits per heavy atom. The summed E-state index contributed by atoms with van der Waals surface area (Å²) in [5.41, 5.74) is 12.8. The second kappa shape index (κ2) is 8.44. The molecule has 7 aromatic carbocycles. The van der Waals surface area contributed by atoms with Crippen LogP contribution >= 0.6 is 0 Å². The van der Waals surface area contributed by atoms with Crippen LogP contribution < -0.4 is 4.74 Å². The molecule has 0 aromatic heterocycles. The third kappa shape index (κ3) is 3.14. The van der Waals surface area contributed by atoms with E-state index in [9.17, 15) is 0 Å². The molecule has 0 bridgehead atoms. The average Bonchev–Trinajstić information content (AvgIpc) is 3.28. The number of benzene rings is 7. The zero-order valence-electron chi connectivity index (χ0n) is 23.6. The number of ether oxygens (including phenoxy) is 1. The van der Waals surface area contributed by atoms with Crippen LogP contribution in [-0.4, -0.2) is 0 Å². The number of para-hydroxylation sites is 1. The van der Waals surface area contributed by atoms with Gasteiger partial charge in [0.15, 0.2) is 0 Å². The number of hydrogen-bond donors (Lipinski definition) is 0. The van der Waals surface area contributed by atoms with Gasteiger partial charge in [0.25, 0.3) is 0 Å². The molecule has 7 aromatic rings. The van der Waals surface area contributed by atoms with Crippen molar-refractivity contribution in [2.45, 2.75) is 19.3 Å². The minimum absolute atomic E-state index is 0.162. The highest BCUT2D eigenvalue weighted by Gasteiger charge is 2.39. The molecule has 1 aliphatic carbocycles. The third-order valence-electron chi connectivity index (χ3n) is 9.43. The van der Waals surface area contributed by atoms with Crippen LogP contribution in [0.3, 0.4) is 0 Å². The molecule has 0 unspecified atom stereocenters. The summed E-state index contributed by atoms with van der Waals surface area (Å²) in [5, 5.41) is 5.02. The van der Waals surface area contributed by atoms with Gasteiger partial charge in [-0.3, -0.25) is 0 Å². The highest BCUT2D eigenvalue weighted by molar-refractivity contribution is 6.11. The molecule has 0 saturated heterocycles. The summed E-state index contributed by atoms with van der Waals surface area (Å²) >= 11 is 0. The van der Waals surface area contributed by atoms with E-state index in [0.717, 1.165) is 17.1 Å². The molecule has 42 heavy (non-hydrogen) atoms. The predicted molar refractivity (Wildman–Crippen MR) is 175 cm³/mol. The van der Waals surface area contributed by atoms with Crippen molar-refractivity contribution in [1.29, 1.82) is 0 Å². The van der Waals surface area contributed by atoms with E-state index in [2.05, 4.69) is 141 Å². The van der Waals surface area contributed by atoms with Gasteiger partial charge >= 0.3 is 0 Å². The van der Waals surface area contributed by atoms with Crippen LogP contribution in [0.2, 0.25) is 0 Å². The first-order chi connectivity index (χ1) is 20.6. The molecule has 0 saturated carbocycles. The molecule has 2 aliphatic rings. The van der Waals surface area contributed by atoms with E-state index in [1.807, 2.05) is 6.07 Å². The Morgan fingerprint density at radius 3 is 2.12 bits per heavy atom. The zero-order valence-corrected chi connectivity index (χ0v) is 23.6. The molecule has 0 atom stereocenters. The molecule has 9 rings (SSSR count). The molecule has 0 radical (unpaired) electrons. The number of hydrogen-bond acceptors (Lipinski definition) is 1. The Bertz CT molecular complexity index is 2240. The van der Waals surface area contributed by atoms with Crippen molar-refractivity contribution in [3.63, 3.8) is 0 Å². The van der Waals surface area contributed by atoms with Crippen molar-refractivity contribution < 1.29 is 4.74 Å². The minimum atomic E-state index is -0.162. The molecule has 1 aliphatic heterocycles. The van der Waals surface area contributed by atoms with Crippen molar-refractivity contribution in [1.82, 2.24) is 0 Å². The van der Waals surface area contributed by atoms with E-state index in [1.165, 1.54) is 71.6 Å². The molecule has 1 heterocycles. The van der Waals surface area contributed by atoms with Crippen molar-refractivity contribution in [2.24, 2.45) is 0 Å². The van der Waals surface area contributed by atoms with Crippen LogP contribution in [-0.2, 0) is 5.41 Å². The fourth-order valence-electron chi connectivity index (χ4n) is 7.54. The number of fused-ring (bicyclic) bond motifs is 7. The molecule has 1 heteroatoms. The van der Waals surface area contributed by atoms with Crippen LogP contribution in [0.5, 0.6) is 11.5 Å². The lowest BCUT2D eigenvalue weighted by Gasteiger charge is -2.26. The van der Waals surface area contributed by atoms with Gasteiger partial charge in [-0.05, 0) is 90.5 Å². The Morgan fingerprint density at radius 2 is 1.21 bits per heavy atom. The summed E-state index contributed by atoms with van der Waals surface area (Å²) in [5.74, 6) is 1.85. The van der Waals surface area contributed by atoms with Crippen molar-refractivity contribution >= 4 is 21.5 Å². The van der Waals surface area contributed by atoms with Crippen LogP contribution in [0.25, 0.3) is 66.1 Å². The molecule has 0 fully saturated rings. The molecule has 0 amide bonds. The standard InChI is InChI=1S/C41H28O/c1-41(2)35-24-27(28-21-22-37-38-31(28)16-10-17-32(38)30-15-8-9-18-36(30)42-37)19-20-33(35)39-29-14-7-6-13-26(29)23-34(40(39)41)25-11-4-3-5-12-25/h3-24H,1-2H3. The minimum Gasteiger partial charge on any atom is -0.456 e. The van der Waals surface area contributed by atoms with Crippen molar-refractivity contribution in [3.05, 3.63) is 145 Å². The maximum atomic E-state index is 6.39. The van der Waals surface area contributed by atoms with E-state index < -0.39 is 0 Å². The Labute approximate surface area is 245 Å². The topological polar surface area (TPSA) is 9.23 Å². The molecule has 1 nitrogen and oxygen atoms in total. The summed E-state index contributed by atoms with van der Waals surface area (Å²) in [6.07, 6.45) is 0. The second-order valence-electron chi connectivity index (χ2n) is 12.1. The maximum Gasteiger partial charge on any atom is 0.135 e. The highest BCUT2D eigenvalue weighted by Crippen LogP contribution is 2.56. The Balaban J connectivity index is 1.29. The zero-order chi connectivity index (χ0) is 28.0. The van der Waals surface area contributed by atoms with Gasteiger partial charge in [0, 0.05) is 16.4 Å². The third-order valence-corrected chi connectivity index (χ3v) is 9.43. The second-order valence-corrected chi connectivity index (χ2v) is 12.1. The van der Waals surface area contributed by atoms with E-state index in [0.29, 0.717) is 0 Å². The molecule has 0 spiro atoms. The average molecular weight is 537 g/mol. The lowest BCUT2D eigenvalue weighted by molar-refractivity contribution is 0.487. The van der Waals surface area contributed by atoms with Gasteiger partial charge < -0.3 is 4.74 Å². The fraction of sp³-hybridized carbons (Fsp3) is 0.0732. The molecule has 0 N–H and O–H groups in total. The summed E-state index contributed by atoms with van der Waals surface area (Å²) in [4.78, 5) is 0. The SMILES string of the molecule is CC1(C)c2cc(-c3ccc4c5c(cccc35)-c3ccccc3O4)ccc2-c2c1c(-c1ccccc1)cc1ccccc21. The lowest BCUT2D eigenvalue weighted by atomic mass is 9.77. The van der Waals surface area contributed by atoms with Gasteiger partial charge in [0.1, 0.15) is 11.5 Å². The Kier molecular flexibility index (Phi) is 4.73. The lowest BCUT2D eigenvalue weighted by Crippen LogP contribution is -2.16. The van der Waals surface area contributed by atoms with Gasteiger partial charge in [-0.1, -0.05) is 123 Å². The van der Waals surface area contributed by atoms with E-state index in [-0.39, 0.29) is 5.41 Å². The largest absolute Gasteiger partial charge is 0.456 e. The monoisotopic (exact) mass is 536 g/mol. The summed E-state index contributed by atoms with van der Waals surface area (Å²) < 4.78 is 6.39. The van der Waals surface area contributed by atoms with Crippen LogP contribution in [0.1, 0.15) is 25.0 Å². The molecule has 198 valence electrons. The van der Waals surface area contributed by atoms with Crippen molar-refractivity contribution in [3.8, 4) is 56.0 Å². The number of rotatable bonds is 2. The van der Waals surface area contributed by atoms with Gasteiger partial charge in [0.2, 0.25) is 0 Å². The van der Waals surface area contributed by atoms with E-state index in [1.54, 1.807) is 0 Å². The fourth-order valence-corrected chi connectivity index (χ4v) is 7.54. The van der Waals surface area contributed by atoms with Gasteiger partial charge in [-0.25, -0.2) is 0 Å². The van der Waals surface area contributed by atoms with E-state index in [4.69, 9.17) is 4.74 Å². The smallest absolute Gasteiger partial charge is 0.135 e. The first kappa shape index (κ1) is 23.6. The maximum absolute atomic E-state index is 6.39. The van der Waals surface area contributed by atoms with Crippen LogP contribution in [0.15, 0.2) is 133 Å². The van der Waals surface area contributed by atoms with Crippen molar-refractivity contribution in [2.75, 3.05) is 0 Å². The van der Waals surface area contributed by atoms with Crippen LogP contribution in [0.4, 0.5) is 0 Å². The van der Waals surface area contributed by atoms with Gasteiger partial charge in [-0.15, -0.1) is 0 Å².